The van der Waals surface area contributed by atoms with Gasteiger partial charge in [0.25, 0.3) is 0 Å². The third-order valence-electron chi connectivity index (χ3n) is 10.5. The number of nitrogens with zero attached hydrogens (tertiary/aromatic N) is 5. The Morgan fingerprint density at radius 2 is 1.21 bits per heavy atom. The molecule has 5 heterocycles. The standard InChI is InChI=1S/C20H19F6N3O3.C20H19F3N4O3S/c21-14-8-12(1-2-13(14)20(24,25)26)28-18(32)29-5-3-19(23,4-6-29)17-15(22)7-11(9-27-17)16(31)10-30;21-12-1-2-14-16(8-12)31-18(25-14)26-19(30)27-5-3-20(23,4-6-27)17-13(22)7-11(9-24-17)15(29)10-28/h1-2,7-9,16,30-31H,3-6,10H2,(H,28,32);1-2,7-9,15,28-29H,3-6,10H2,(H,25,26,30)/t16-;15-/m11/s1. The van der Waals surface area contributed by atoms with Crippen LogP contribution in [0.1, 0.15) is 66.0 Å². The van der Waals surface area contributed by atoms with Crippen molar-refractivity contribution < 1.29 is 69.5 Å². The van der Waals surface area contributed by atoms with Gasteiger partial charge in [-0.1, -0.05) is 11.3 Å². The van der Waals surface area contributed by atoms with Crippen molar-refractivity contribution in [1.29, 1.82) is 0 Å². The van der Waals surface area contributed by atoms with E-state index in [4.69, 9.17) is 10.2 Å². The molecular formula is C40H38F9N7O6S. The Morgan fingerprint density at radius 3 is 1.65 bits per heavy atom. The Bertz CT molecular complexity index is 2450. The number of aliphatic hydroxyl groups is 4. The fourth-order valence-corrected chi connectivity index (χ4v) is 7.77. The fourth-order valence-electron chi connectivity index (χ4n) is 6.89. The molecule has 23 heteroatoms. The number of urea groups is 2. The van der Waals surface area contributed by atoms with E-state index in [0.29, 0.717) is 27.5 Å². The first-order chi connectivity index (χ1) is 29.7. The lowest BCUT2D eigenvalue weighted by atomic mass is 9.89. The maximum atomic E-state index is 15.4. The van der Waals surface area contributed by atoms with Crippen LogP contribution in [0, 0.1) is 23.3 Å². The number of nitrogens with one attached hydrogen (secondary N) is 2. The van der Waals surface area contributed by atoms with Gasteiger partial charge < -0.3 is 35.5 Å². The molecule has 6 N–H and O–H groups in total. The van der Waals surface area contributed by atoms with Crippen LogP contribution >= 0.6 is 11.3 Å². The predicted octanol–water partition coefficient (Wildman–Crippen LogP) is 7.38. The molecule has 2 atom stereocenters. The minimum Gasteiger partial charge on any atom is -0.393 e. The number of alkyl halides is 5. The molecular weight excluding hydrogens is 878 g/mol. The number of amides is 4. The van der Waals surface area contributed by atoms with Gasteiger partial charge in [0.05, 0.1) is 29.0 Å². The first kappa shape index (κ1) is 46.9. The van der Waals surface area contributed by atoms with Crippen LogP contribution in [-0.4, -0.2) is 96.6 Å². The van der Waals surface area contributed by atoms with Gasteiger partial charge in [0.2, 0.25) is 0 Å². The average Bonchev–Trinajstić information content (AvgIpc) is 3.64. The molecule has 2 aliphatic rings. The second kappa shape index (κ2) is 19.0. The van der Waals surface area contributed by atoms with E-state index in [2.05, 4.69) is 25.6 Å². The number of aliphatic hydroxyl groups excluding tert-OH is 4. The molecule has 2 saturated heterocycles. The van der Waals surface area contributed by atoms with Gasteiger partial charge in [0.1, 0.15) is 46.9 Å². The molecule has 63 heavy (non-hydrogen) atoms. The predicted molar refractivity (Wildman–Crippen MR) is 209 cm³/mol. The summed E-state index contributed by atoms with van der Waals surface area (Å²) in [6.45, 7) is -1.52. The monoisotopic (exact) mass is 915 g/mol. The Kier molecular flexibility index (Phi) is 14.1. The van der Waals surface area contributed by atoms with E-state index in [1.165, 1.54) is 23.1 Å². The van der Waals surface area contributed by atoms with Crippen molar-refractivity contribution in [1.82, 2.24) is 24.8 Å². The zero-order chi connectivity index (χ0) is 45.9. The lowest BCUT2D eigenvalue weighted by Crippen LogP contribution is -2.45. The van der Waals surface area contributed by atoms with E-state index < -0.39 is 89.5 Å². The SMILES string of the molecule is O=C(Nc1ccc(C(F)(F)F)c(F)c1)N1CCC(F)(c2ncc([C@H](O)CO)cc2F)CC1.O=C(Nc1nc2ccc(F)cc2s1)N1CCC(F)(c2ncc([C@H](O)CO)cc2F)CC1. The number of pyridine rings is 2. The number of halogens is 9. The highest BCUT2D eigenvalue weighted by Gasteiger charge is 2.43. The summed E-state index contributed by atoms with van der Waals surface area (Å²) in [6, 6.07) is 6.64. The Balaban J connectivity index is 0.000000210. The van der Waals surface area contributed by atoms with E-state index in [1.54, 1.807) is 0 Å². The Morgan fingerprint density at radius 1 is 0.714 bits per heavy atom. The van der Waals surface area contributed by atoms with Crippen molar-refractivity contribution in [3.05, 3.63) is 112 Å². The molecule has 0 bridgehead atoms. The van der Waals surface area contributed by atoms with Gasteiger partial charge in [-0.15, -0.1) is 0 Å². The summed E-state index contributed by atoms with van der Waals surface area (Å²) in [5, 5.41) is 42.1. The van der Waals surface area contributed by atoms with Gasteiger partial charge in [-0.2, -0.15) is 13.2 Å². The van der Waals surface area contributed by atoms with Crippen LogP contribution in [0.15, 0.2) is 60.9 Å². The molecule has 2 aromatic carbocycles. The summed E-state index contributed by atoms with van der Waals surface area (Å²) >= 11 is 1.13. The molecule has 2 aliphatic heterocycles. The molecule has 0 aliphatic carbocycles. The number of anilines is 2. The number of carbonyl (C=O) groups is 2. The number of hydrogen-bond donors (Lipinski definition) is 6. The van der Waals surface area contributed by atoms with Gasteiger partial charge in [-0.3, -0.25) is 15.3 Å². The van der Waals surface area contributed by atoms with Crippen LogP contribution in [0.25, 0.3) is 10.2 Å². The normalized spacial score (nSPS) is 17.1. The lowest BCUT2D eigenvalue weighted by molar-refractivity contribution is -0.139. The molecule has 0 unspecified atom stereocenters. The van der Waals surface area contributed by atoms with Crippen LogP contribution in [0.4, 0.5) is 59.9 Å². The number of carbonyl (C=O) groups excluding carboxylic acids is 2. The molecule has 2 fully saturated rings. The number of benzene rings is 2. The average molecular weight is 916 g/mol. The van der Waals surface area contributed by atoms with E-state index in [0.717, 1.165) is 46.8 Å². The fraction of sp³-hybridized carbons (Fsp3) is 0.375. The van der Waals surface area contributed by atoms with Crippen LogP contribution < -0.4 is 10.6 Å². The van der Waals surface area contributed by atoms with Gasteiger partial charge in [0.15, 0.2) is 16.5 Å². The maximum absolute atomic E-state index is 15.4. The second-order valence-corrected chi connectivity index (χ2v) is 15.7. The molecule has 0 saturated carbocycles. The molecule has 13 nitrogen and oxygen atoms in total. The van der Waals surface area contributed by atoms with Gasteiger partial charge in [0, 0.05) is 81.1 Å². The second-order valence-electron chi connectivity index (χ2n) is 14.7. The summed E-state index contributed by atoms with van der Waals surface area (Å²) in [5.41, 5.74) is -6.20. The minimum atomic E-state index is -4.87. The Hall–Kier alpha value is -5.62. The topological polar surface area (TPSA) is 184 Å². The van der Waals surface area contributed by atoms with Gasteiger partial charge in [-0.25, -0.2) is 40.9 Å². The highest BCUT2D eigenvalue weighted by molar-refractivity contribution is 7.22. The Labute approximate surface area is 355 Å². The number of rotatable bonds is 8. The largest absolute Gasteiger partial charge is 0.419 e. The van der Waals surface area contributed by atoms with Crippen LogP contribution in [0.3, 0.4) is 0 Å². The molecule has 0 spiro atoms. The van der Waals surface area contributed by atoms with Crippen molar-refractivity contribution in [2.45, 2.75) is 55.4 Å². The van der Waals surface area contributed by atoms with E-state index in [9.17, 15) is 50.5 Å². The summed E-state index contributed by atoms with van der Waals surface area (Å²) in [7, 11) is 0. The summed E-state index contributed by atoms with van der Waals surface area (Å²) < 4.78 is 125. The van der Waals surface area contributed by atoms with E-state index >= 15 is 8.78 Å². The summed E-state index contributed by atoms with van der Waals surface area (Å²) in [6.07, 6.45) is -6.27. The summed E-state index contributed by atoms with van der Waals surface area (Å²) in [5.74, 6) is -3.86. The first-order valence-electron chi connectivity index (χ1n) is 19.1. The van der Waals surface area contributed by atoms with Crippen molar-refractivity contribution in [3.8, 4) is 0 Å². The van der Waals surface area contributed by atoms with Crippen LogP contribution in [0.5, 0.6) is 0 Å². The van der Waals surface area contributed by atoms with Crippen molar-refractivity contribution in [2.24, 2.45) is 0 Å². The zero-order valence-corrected chi connectivity index (χ0v) is 33.5. The zero-order valence-electron chi connectivity index (χ0n) is 32.7. The molecule has 338 valence electrons. The molecule has 4 amide bonds. The van der Waals surface area contributed by atoms with Crippen LogP contribution in [0.2, 0.25) is 0 Å². The molecule has 0 radical (unpaired) electrons. The highest BCUT2D eigenvalue weighted by Crippen LogP contribution is 2.40. The number of hydrogen-bond acceptors (Lipinski definition) is 10. The van der Waals surface area contributed by atoms with Crippen LogP contribution in [-0.2, 0) is 17.5 Å². The summed E-state index contributed by atoms with van der Waals surface area (Å²) in [4.78, 5) is 39.2. The third-order valence-corrected chi connectivity index (χ3v) is 11.4. The number of likely N-dealkylation sites (tertiary alicyclic amines) is 2. The number of piperidine rings is 2. The molecule has 7 rings (SSSR count). The van der Waals surface area contributed by atoms with Crippen molar-refractivity contribution in [2.75, 3.05) is 50.0 Å². The number of aromatic nitrogens is 3. The molecule has 5 aromatic rings. The highest BCUT2D eigenvalue weighted by atomic mass is 32.1. The lowest BCUT2D eigenvalue weighted by Gasteiger charge is -2.36. The van der Waals surface area contributed by atoms with E-state index in [-0.39, 0.29) is 74.4 Å². The number of fused-ring (bicyclic) bond motifs is 1. The van der Waals surface area contributed by atoms with E-state index in [1.807, 2.05) is 0 Å². The smallest absolute Gasteiger partial charge is 0.393 e. The van der Waals surface area contributed by atoms with Crippen molar-refractivity contribution >= 4 is 44.4 Å². The minimum absolute atomic E-state index is 0.0158. The third kappa shape index (κ3) is 10.8. The maximum Gasteiger partial charge on any atom is 0.419 e. The number of thiazole rings is 1. The van der Waals surface area contributed by atoms with Crippen molar-refractivity contribution in [3.63, 3.8) is 0 Å². The van der Waals surface area contributed by atoms with Gasteiger partial charge in [-0.05, 0) is 48.5 Å². The van der Waals surface area contributed by atoms with Gasteiger partial charge >= 0.3 is 18.2 Å². The first-order valence-corrected chi connectivity index (χ1v) is 19.9. The quantitative estimate of drug-likeness (QED) is 0.0865. The molecule has 3 aromatic heterocycles.